The molecule has 168 valence electrons. The summed E-state index contributed by atoms with van der Waals surface area (Å²) < 4.78 is 0. The van der Waals surface area contributed by atoms with Crippen molar-refractivity contribution in [1.29, 1.82) is 0 Å². The van der Waals surface area contributed by atoms with Gasteiger partial charge < -0.3 is 0 Å². The van der Waals surface area contributed by atoms with Crippen molar-refractivity contribution in [2.45, 2.75) is 61.4 Å². The molecule has 1 atom stereocenters. The van der Waals surface area contributed by atoms with Crippen LogP contribution in [0, 0.1) is 40.0 Å². The summed E-state index contributed by atoms with van der Waals surface area (Å²) in [6.45, 7) is 18.2. The van der Waals surface area contributed by atoms with E-state index in [1.54, 1.807) is 0 Å². The fourth-order valence-electron chi connectivity index (χ4n) is 4.18. The van der Waals surface area contributed by atoms with Crippen molar-refractivity contribution in [2.24, 2.45) is 10.4 Å². The number of benzene rings is 3. The summed E-state index contributed by atoms with van der Waals surface area (Å²) in [5.74, 6) is 0. The first-order valence-electron chi connectivity index (χ1n) is 11.6. The summed E-state index contributed by atoms with van der Waals surface area (Å²) >= 11 is 0. The van der Waals surface area contributed by atoms with E-state index in [9.17, 15) is 0 Å². The van der Waals surface area contributed by atoms with E-state index in [4.69, 9.17) is 4.99 Å². The third kappa shape index (κ3) is 5.38. The van der Waals surface area contributed by atoms with Crippen molar-refractivity contribution in [3.63, 3.8) is 0 Å². The first kappa shape index (κ1) is 24.4. The van der Waals surface area contributed by atoms with Crippen molar-refractivity contribution in [3.05, 3.63) is 94.0 Å². The monoisotopic (exact) mass is 443 g/mol. The summed E-state index contributed by atoms with van der Waals surface area (Å²) in [6, 6.07) is 22.2. The third-order valence-corrected chi connectivity index (χ3v) is 9.49. The standard InChI is InChI=1S/C30H38NP/c1-21-22(2)24(4)28(25(5)23(21)3)19-31-29(30(6,7)8)20-32(26-15-11-9-12-16-26)27-17-13-10-14-18-27/h9-19,29H,20H2,1-8H3/t29-/m1/s1. The highest BCUT2D eigenvalue weighted by molar-refractivity contribution is 7.73. The molecule has 2 heteroatoms. The van der Waals surface area contributed by atoms with E-state index in [1.165, 1.54) is 44.0 Å². The Bertz CT molecular complexity index is 1010. The minimum absolute atomic E-state index is 0.0806. The zero-order valence-electron chi connectivity index (χ0n) is 21.0. The maximum absolute atomic E-state index is 5.28. The van der Waals surface area contributed by atoms with Crippen LogP contribution in [0.15, 0.2) is 65.7 Å². The Hall–Kier alpha value is -2.24. The van der Waals surface area contributed by atoms with Crippen LogP contribution in [0.2, 0.25) is 0 Å². The van der Waals surface area contributed by atoms with Gasteiger partial charge >= 0.3 is 0 Å². The van der Waals surface area contributed by atoms with Crippen LogP contribution in [0.4, 0.5) is 0 Å². The summed E-state index contributed by atoms with van der Waals surface area (Å²) in [6.07, 6.45) is 3.22. The molecule has 0 aliphatic carbocycles. The van der Waals surface area contributed by atoms with Gasteiger partial charge in [-0.1, -0.05) is 81.4 Å². The van der Waals surface area contributed by atoms with E-state index in [0.717, 1.165) is 6.16 Å². The Morgan fingerprint density at radius 3 is 1.50 bits per heavy atom. The van der Waals surface area contributed by atoms with Gasteiger partial charge in [-0.25, -0.2) is 0 Å². The largest absolute Gasteiger partial charge is 0.288 e. The summed E-state index contributed by atoms with van der Waals surface area (Å²) in [5, 5.41) is 2.85. The molecule has 0 bridgehead atoms. The Balaban J connectivity index is 2.02. The number of nitrogens with zero attached hydrogens (tertiary/aromatic N) is 1. The minimum Gasteiger partial charge on any atom is -0.288 e. The molecule has 0 aliphatic heterocycles. The fourth-order valence-corrected chi connectivity index (χ4v) is 6.95. The lowest BCUT2D eigenvalue weighted by Crippen LogP contribution is -2.31. The lowest BCUT2D eigenvalue weighted by molar-refractivity contribution is 0.346. The maximum atomic E-state index is 5.28. The molecule has 3 aromatic carbocycles. The summed E-state index contributed by atoms with van der Waals surface area (Å²) in [4.78, 5) is 5.28. The number of aliphatic imine (C=N–C) groups is 1. The number of hydrogen-bond donors (Lipinski definition) is 0. The van der Waals surface area contributed by atoms with Crippen LogP contribution in [0.5, 0.6) is 0 Å². The van der Waals surface area contributed by atoms with Gasteiger partial charge in [-0.05, 0) is 98.1 Å². The molecule has 1 nitrogen and oxygen atoms in total. The SMILES string of the molecule is Cc1c(C)c(C)c(C=N[C@H](CP(c2ccccc2)c2ccccc2)C(C)(C)C)c(C)c1C. The fraction of sp³-hybridized carbons (Fsp3) is 0.367. The molecule has 0 aromatic heterocycles. The molecule has 0 saturated heterocycles. The van der Waals surface area contributed by atoms with Crippen LogP contribution in [-0.4, -0.2) is 18.4 Å². The predicted molar refractivity (Wildman–Crippen MR) is 145 cm³/mol. The van der Waals surface area contributed by atoms with Gasteiger partial charge in [0.2, 0.25) is 0 Å². The summed E-state index contributed by atoms with van der Waals surface area (Å²) in [5.41, 5.74) is 8.27. The highest BCUT2D eigenvalue weighted by atomic mass is 31.1. The molecule has 0 radical (unpaired) electrons. The van der Waals surface area contributed by atoms with Crippen LogP contribution in [0.3, 0.4) is 0 Å². The van der Waals surface area contributed by atoms with Gasteiger partial charge in [0.05, 0.1) is 6.04 Å². The van der Waals surface area contributed by atoms with Gasteiger partial charge in [-0.2, -0.15) is 0 Å². The highest BCUT2D eigenvalue weighted by Crippen LogP contribution is 2.39. The van der Waals surface area contributed by atoms with E-state index < -0.39 is 7.92 Å². The number of rotatable bonds is 6. The van der Waals surface area contributed by atoms with E-state index in [1.807, 2.05) is 0 Å². The maximum Gasteiger partial charge on any atom is 0.0593 e. The molecule has 0 heterocycles. The van der Waals surface area contributed by atoms with Crippen molar-refractivity contribution in [2.75, 3.05) is 6.16 Å². The average Bonchev–Trinajstić information content (AvgIpc) is 2.78. The Morgan fingerprint density at radius 1 is 0.688 bits per heavy atom. The van der Waals surface area contributed by atoms with Crippen LogP contribution in [0.1, 0.15) is 54.2 Å². The van der Waals surface area contributed by atoms with E-state index in [0.29, 0.717) is 0 Å². The Labute approximate surface area is 196 Å². The minimum atomic E-state index is -0.482. The quantitative estimate of drug-likeness (QED) is 0.282. The predicted octanol–water partition coefficient (Wildman–Crippen LogP) is 7.20. The normalized spacial score (nSPS) is 13.2. The molecule has 0 fully saturated rings. The molecule has 0 aliphatic rings. The Kier molecular flexibility index (Phi) is 7.73. The molecule has 32 heavy (non-hydrogen) atoms. The smallest absolute Gasteiger partial charge is 0.0593 e. The lowest BCUT2D eigenvalue weighted by Gasteiger charge is -2.31. The third-order valence-electron chi connectivity index (χ3n) is 6.93. The van der Waals surface area contributed by atoms with Crippen molar-refractivity contribution in [3.8, 4) is 0 Å². The van der Waals surface area contributed by atoms with E-state index >= 15 is 0 Å². The number of hydrogen-bond acceptors (Lipinski definition) is 1. The molecular weight excluding hydrogens is 405 g/mol. The van der Waals surface area contributed by atoms with Gasteiger partial charge in [0.15, 0.2) is 0 Å². The van der Waals surface area contributed by atoms with Crippen molar-refractivity contribution in [1.82, 2.24) is 0 Å². The van der Waals surface area contributed by atoms with E-state index in [-0.39, 0.29) is 11.5 Å². The van der Waals surface area contributed by atoms with Crippen LogP contribution >= 0.6 is 7.92 Å². The van der Waals surface area contributed by atoms with Gasteiger partial charge in [-0.15, -0.1) is 0 Å². The molecule has 0 N–H and O–H groups in total. The molecule has 0 spiro atoms. The molecular formula is C30H38NP. The molecule has 3 rings (SSSR count). The molecule has 3 aromatic rings. The van der Waals surface area contributed by atoms with Gasteiger partial charge in [-0.3, -0.25) is 4.99 Å². The zero-order valence-corrected chi connectivity index (χ0v) is 21.9. The van der Waals surface area contributed by atoms with Gasteiger partial charge in [0.25, 0.3) is 0 Å². The van der Waals surface area contributed by atoms with Crippen molar-refractivity contribution >= 4 is 24.7 Å². The van der Waals surface area contributed by atoms with Crippen LogP contribution in [0.25, 0.3) is 0 Å². The second kappa shape index (κ2) is 10.1. The first-order valence-corrected chi connectivity index (χ1v) is 13.1. The van der Waals surface area contributed by atoms with Crippen LogP contribution < -0.4 is 10.6 Å². The molecule has 0 saturated carbocycles. The topological polar surface area (TPSA) is 12.4 Å². The second-order valence-electron chi connectivity index (χ2n) is 9.98. The zero-order chi connectivity index (χ0) is 23.5. The van der Waals surface area contributed by atoms with Gasteiger partial charge in [0, 0.05) is 6.21 Å². The molecule has 0 amide bonds. The van der Waals surface area contributed by atoms with E-state index in [2.05, 4.69) is 122 Å². The average molecular weight is 444 g/mol. The van der Waals surface area contributed by atoms with Crippen LogP contribution in [-0.2, 0) is 0 Å². The highest BCUT2D eigenvalue weighted by Gasteiger charge is 2.28. The van der Waals surface area contributed by atoms with Crippen molar-refractivity contribution < 1.29 is 0 Å². The lowest BCUT2D eigenvalue weighted by atomic mass is 9.87. The first-order chi connectivity index (χ1) is 15.1. The second-order valence-corrected chi connectivity index (χ2v) is 12.2. The van der Waals surface area contributed by atoms with Gasteiger partial charge in [0.1, 0.15) is 0 Å². The summed E-state index contributed by atoms with van der Waals surface area (Å²) in [7, 11) is -0.482. The Morgan fingerprint density at radius 2 is 1.09 bits per heavy atom. The molecule has 0 unspecified atom stereocenters.